The molecule has 0 saturated heterocycles. The summed E-state index contributed by atoms with van der Waals surface area (Å²) in [5, 5.41) is 10.4. The lowest BCUT2D eigenvalue weighted by Gasteiger charge is -2.19. The van der Waals surface area contributed by atoms with Gasteiger partial charge in [-0.2, -0.15) is 11.8 Å². The van der Waals surface area contributed by atoms with Crippen molar-refractivity contribution >= 4 is 41.5 Å². The topological polar surface area (TPSA) is 135 Å². The monoisotopic (exact) mass is 530 g/mol. The molecule has 0 aliphatic carbocycles. The van der Waals surface area contributed by atoms with Crippen molar-refractivity contribution in [2.24, 2.45) is 0 Å². The third-order valence-electron chi connectivity index (χ3n) is 4.91. The number of carbonyl (C=O) groups is 4. The molecule has 0 fully saturated rings. The second-order valence-corrected chi connectivity index (χ2v) is 9.93. The number of imide groups is 1. The first-order chi connectivity index (χ1) is 17.5. The quantitative estimate of drug-likeness (QED) is 0.268. The Hall–Kier alpha value is -3.73. The standard InChI is InChI=1S/C26H34N4O6S/c1-26(2,3)36-25(34)30-24(33)28-16-27-18-11-12-19(20(15-18)17-9-7-6-8-10-17)22(31)29-21(13-14-37-5)23(32)35-4/h6-12,15,21,27H,13-14,16H2,1-5H3,(H,29,31)(H2,28,30,33,34)/t21-/m0/s1. The summed E-state index contributed by atoms with van der Waals surface area (Å²) >= 11 is 1.57. The zero-order valence-corrected chi connectivity index (χ0v) is 22.5. The normalized spacial score (nSPS) is 11.6. The Morgan fingerprint density at radius 3 is 2.35 bits per heavy atom. The smallest absolute Gasteiger partial charge is 0.415 e. The average molecular weight is 531 g/mol. The Balaban J connectivity index is 2.15. The molecule has 0 aromatic heterocycles. The summed E-state index contributed by atoms with van der Waals surface area (Å²) < 4.78 is 9.89. The van der Waals surface area contributed by atoms with E-state index < -0.39 is 35.6 Å². The number of nitrogens with one attached hydrogen (secondary N) is 4. The van der Waals surface area contributed by atoms with Gasteiger partial charge >= 0.3 is 18.1 Å². The van der Waals surface area contributed by atoms with E-state index in [-0.39, 0.29) is 6.67 Å². The van der Waals surface area contributed by atoms with Crippen LogP contribution in [0.15, 0.2) is 48.5 Å². The molecule has 2 aromatic carbocycles. The molecule has 0 bridgehead atoms. The molecule has 0 aliphatic rings. The fourth-order valence-electron chi connectivity index (χ4n) is 3.24. The molecule has 200 valence electrons. The van der Waals surface area contributed by atoms with Gasteiger partial charge in [-0.25, -0.2) is 19.7 Å². The molecule has 0 saturated carbocycles. The Morgan fingerprint density at radius 2 is 1.73 bits per heavy atom. The van der Waals surface area contributed by atoms with E-state index >= 15 is 0 Å². The maximum absolute atomic E-state index is 13.2. The lowest BCUT2D eigenvalue weighted by molar-refractivity contribution is -0.142. The van der Waals surface area contributed by atoms with Crippen LogP contribution in [0, 0.1) is 0 Å². The van der Waals surface area contributed by atoms with Crippen LogP contribution >= 0.6 is 11.8 Å². The number of benzene rings is 2. The fourth-order valence-corrected chi connectivity index (χ4v) is 3.71. The molecule has 0 radical (unpaired) electrons. The first-order valence-corrected chi connectivity index (χ1v) is 13.0. The molecule has 2 rings (SSSR count). The summed E-state index contributed by atoms with van der Waals surface area (Å²) in [7, 11) is 1.29. The summed E-state index contributed by atoms with van der Waals surface area (Å²) in [6, 6.07) is 12.9. The van der Waals surface area contributed by atoms with Crippen molar-refractivity contribution in [2.45, 2.75) is 38.8 Å². The molecular formula is C26H34N4O6S. The second kappa shape index (κ2) is 14.1. The number of hydrogen-bond acceptors (Lipinski definition) is 8. The van der Waals surface area contributed by atoms with Crippen LogP contribution in [0.3, 0.4) is 0 Å². The lowest BCUT2D eigenvalue weighted by atomic mass is 9.98. The molecule has 10 nitrogen and oxygen atoms in total. The van der Waals surface area contributed by atoms with Crippen LogP contribution < -0.4 is 21.3 Å². The van der Waals surface area contributed by atoms with Gasteiger partial charge in [-0.1, -0.05) is 30.3 Å². The van der Waals surface area contributed by atoms with Crippen LogP contribution in [0.5, 0.6) is 0 Å². The first-order valence-electron chi connectivity index (χ1n) is 11.6. The maximum Gasteiger partial charge on any atom is 0.415 e. The highest BCUT2D eigenvalue weighted by Crippen LogP contribution is 2.27. The SMILES string of the molecule is COC(=O)[C@H](CCSC)NC(=O)c1ccc(NCNC(=O)NC(=O)OC(C)(C)C)cc1-c1ccccc1. The van der Waals surface area contributed by atoms with Gasteiger partial charge < -0.3 is 25.4 Å². The van der Waals surface area contributed by atoms with Gasteiger partial charge in [0.15, 0.2) is 0 Å². The van der Waals surface area contributed by atoms with E-state index in [4.69, 9.17) is 9.47 Å². The second-order valence-electron chi connectivity index (χ2n) is 8.94. The number of alkyl carbamates (subject to hydrolysis) is 1. The van der Waals surface area contributed by atoms with E-state index in [1.807, 2.05) is 36.6 Å². The molecule has 0 heterocycles. The number of thioether (sulfide) groups is 1. The van der Waals surface area contributed by atoms with Crippen LogP contribution in [0.2, 0.25) is 0 Å². The molecule has 11 heteroatoms. The van der Waals surface area contributed by atoms with Crippen molar-refractivity contribution in [1.29, 1.82) is 0 Å². The number of hydrogen-bond donors (Lipinski definition) is 4. The highest BCUT2D eigenvalue weighted by molar-refractivity contribution is 7.98. The molecule has 0 unspecified atom stereocenters. The van der Waals surface area contributed by atoms with Gasteiger partial charge in [-0.05, 0) is 68.5 Å². The molecule has 2 aromatic rings. The van der Waals surface area contributed by atoms with Crippen LogP contribution in [0.25, 0.3) is 11.1 Å². The van der Waals surface area contributed by atoms with E-state index in [9.17, 15) is 19.2 Å². The molecule has 0 spiro atoms. The van der Waals surface area contributed by atoms with Gasteiger partial charge in [0.05, 0.1) is 13.8 Å². The summed E-state index contributed by atoms with van der Waals surface area (Å²) in [6.45, 7) is 5.09. The summed E-state index contributed by atoms with van der Waals surface area (Å²) in [6.07, 6.45) is 1.51. The predicted octanol–water partition coefficient (Wildman–Crippen LogP) is 3.98. The van der Waals surface area contributed by atoms with Crippen LogP contribution in [0.4, 0.5) is 15.3 Å². The van der Waals surface area contributed by atoms with E-state index in [0.29, 0.717) is 29.0 Å². The number of esters is 1. The fraction of sp³-hybridized carbons (Fsp3) is 0.385. The molecule has 0 aliphatic heterocycles. The Morgan fingerprint density at radius 1 is 1.03 bits per heavy atom. The van der Waals surface area contributed by atoms with Crippen LogP contribution in [-0.2, 0) is 14.3 Å². The summed E-state index contributed by atoms with van der Waals surface area (Å²) in [5.74, 6) is -0.224. The number of amides is 4. The maximum atomic E-state index is 13.2. The Bertz CT molecular complexity index is 1090. The summed E-state index contributed by atoms with van der Waals surface area (Å²) in [5.41, 5.74) is 1.71. The van der Waals surface area contributed by atoms with Gasteiger partial charge in [-0.3, -0.25) is 4.79 Å². The van der Waals surface area contributed by atoms with Gasteiger partial charge in [0.25, 0.3) is 5.91 Å². The van der Waals surface area contributed by atoms with Crippen molar-refractivity contribution in [3.05, 3.63) is 54.1 Å². The third-order valence-corrected chi connectivity index (χ3v) is 5.55. The Kier molecular flexibility index (Phi) is 11.3. The third kappa shape index (κ3) is 10.0. The first kappa shape index (κ1) is 29.5. The van der Waals surface area contributed by atoms with E-state index in [1.165, 1.54) is 7.11 Å². The molecule has 4 N–H and O–H groups in total. The largest absolute Gasteiger partial charge is 0.467 e. The molecule has 1 atom stereocenters. The average Bonchev–Trinajstić information content (AvgIpc) is 2.85. The highest BCUT2D eigenvalue weighted by atomic mass is 32.2. The number of rotatable bonds is 10. The predicted molar refractivity (Wildman–Crippen MR) is 145 cm³/mol. The number of urea groups is 1. The molecule has 4 amide bonds. The van der Waals surface area contributed by atoms with E-state index in [1.54, 1.807) is 50.7 Å². The minimum Gasteiger partial charge on any atom is -0.467 e. The number of anilines is 1. The van der Waals surface area contributed by atoms with Crippen molar-refractivity contribution in [3.8, 4) is 11.1 Å². The molecular weight excluding hydrogens is 496 g/mol. The Labute approximate surface area is 221 Å². The van der Waals surface area contributed by atoms with Gasteiger partial charge in [-0.15, -0.1) is 0 Å². The zero-order chi connectivity index (χ0) is 27.4. The van der Waals surface area contributed by atoms with Crippen molar-refractivity contribution in [2.75, 3.05) is 31.1 Å². The van der Waals surface area contributed by atoms with Gasteiger partial charge in [0, 0.05) is 11.3 Å². The van der Waals surface area contributed by atoms with E-state index in [2.05, 4.69) is 21.3 Å². The summed E-state index contributed by atoms with van der Waals surface area (Å²) in [4.78, 5) is 49.1. The minimum absolute atomic E-state index is 0.00744. The van der Waals surface area contributed by atoms with Gasteiger partial charge in [0.2, 0.25) is 0 Å². The zero-order valence-electron chi connectivity index (χ0n) is 21.7. The lowest BCUT2D eigenvalue weighted by Crippen LogP contribution is -2.43. The number of carbonyl (C=O) groups excluding carboxylic acids is 4. The van der Waals surface area contributed by atoms with Gasteiger partial charge in [0.1, 0.15) is 11.6 Å². The number of methoxy groups -OCH3 is 1. The van der Waals surface area contributed by atoms with Crippen LogP contribution in [-0.4, -0.2) is 61.4 Å². The highest BCUT2D eigenvalue weighted by Gasteiger charge is 2.23. The van der Waals surface area contributed by atoms with E-state index in [0.717, 1.165) is 5.56 Å². The van der Waals surface area contributed by atoms with Crippen molar-refractivity contribution < 1.29 is 28.7 Å². The minimum atomic E-state index is -0.852. The van der Waals surface area contributed by atoms with Crippen molar-refractivity contribution in [3.63, 3.8) is 0 Å². The molecule has 37 heavy (non-hydrogen) atoms. The van der Waals surface area contributed by atoms with Crippen LogP contribution in [0.1, 0.15) is 37.6 Å². The number of ether oxygens (including phenoxy) is 2. The van der Waals surface area contributed by atoms with Crippen molar-refractivity contribution in [1.82, 2.24) is 16.0 Å².